The van der Waals surface area contributed by atoms with E-state index >= 15 is 0 Å². The molecule has 31 heavy (non-hydrogen) atoms. The van der Waals surface area contributed by atoms with Crippen molar-refractivity contribution in [1.29, 1.82) is 0 Å². The number of nitrogens with one attached hydrogen (secondary N) is 1. The number of aromatic nitrogens is 2. The Morgan fingerprint density at radius 1 is 0.839 bits per heavy atom. The van der Waals surface area contributed by atoms with Crippen molar-refractivity contribution in [3.63, 3.8) is 0 Å². The maximum atomic E-state index is 11.4. The minimum absolute atomic E-state index is 0.191. The van der Waals surface area contributed by atoms with Crippen LogP contribution in [0.5, 0.6) is 11.5 Å². The number of ether oxygens (including phenoxy) is 1. The van der Waals surface area contributed by atoms with E-state index in [1.165, 1.54) is 0 Å². The van der Waals surface area contributed by atoms with Gasteiger partial charge in [0.2, 0.25) is 0 Å². The predicted octanol–water partition coefficient (Wildman–Crippen LogP) is 6.02. The Hall–Kier alpha value is -4.45. The molecule has 0 aliphatic rings. The molecule has 0 atom stereocenters. The van der Waals surface area contributed by atoms with Crippen LogP contribution in [0.25, 0.3) is 21.7 Å². The fraction of sp³-hybridized carbons (Fsp3) is 0. The SMILES string of the molecule is O=C(O)c1ccc2c(c1)nc(Nc1ccc(Oc3ccccc3)cc1)c1ccncc12. The van der Waals surface area contributed by atoms with E-state index in [0.29, 0.717) is 11.3 Å². The fourth-order valence-corrected chi connectivity index (χ4v) is 3.44. The van der Waals surface area contributed by atoms with Crippen molar-refractivity contribution in [3.8, 4) is 11.5 Å². The number of carboxylic acids is 1. The van der Waals surface area contributed by atoms with Gasteiger partial charge in [-0.15, -0.1) is 0 Å². The first-order chi connectivity index (χ1) is 15.2. The highest BCUT2D eigenvalue weighted by atomic mass is 16.5. The zero-order chi connectivity index (χ0) is 21.2. The smallest absolute Gasteiger partial charge is 0.335 e. The van der Waals surface area contributed by atoms with Gasteiger partial charge in [-0.3, -0.25) is 4.98 Å². The van der Waals surface area contributed by atoms with Gasteiger partial charge in [-0.25, -0.2) is 9.78 Å². The summed E-state index contributed by atoms with van der Waals surface area (Å²) in [4.78, 5) is 20.3. The van der Waals surface area contributed by atoms with E-state index in [2.05, 4.69) is 10.3 Å². The number of carboxylic acid groups (broad SMARTS) is 1. The van der Waals surface area contributed by atoms with E-state index in [-0.39, 0.29) is 5.56 Å². The molecular formula is C25H17N3O3. The summed E-state index contributed by atoms with van der Waals surface area (Å²) < 4.78 is 5.84. The summed E-state index contributed by atoms with van der Waals surface area (Å²) in [6.45, 7) is 0. The second-order valence-corrected chi connectivity index (χ2v) is 6.98. The molecule has 5 rings (SSSR count). The van der Waals surface area contributed by atoms with Gasteiger partial charge in [0, 0.05) is 34.2 Å². The third-order valence-corrected chi connectivity index (χ3v) is 4.94. The number of rotatable bonds is 5. The first-order valence-electron chi connectivity index (χ1n) is 9.68. The van der Waals surface area contributed by atoms with Crippen LogP contribution in [0.1, 0.15) is 10.4 Å². The summed E-state index contributed by atoms with van der Waals surface area (Å²) >= 11 is 0. The number of benzene rings is 3. The van der Waals surface area contributed by atoms with Crippen molar-refractivity contribution >= 4 is 39.1 Å². The number of anilines is 2. The number of pyridine rings is 2. The van der Waals surface area contributed by atoms with E-state index in [0.717, 1.165) is 33.3 Å². The molecule has 0 saturated heterocycles. The summed E-state index contributed by atoms with van der Waals surface area (Å²) in [5.74, 6) is 1.14. The van der Waals surface area contributed by atoms with Crippen molar-refractivity contribution in [1.82, 2.24) is 9.97 Å². The minimum atomic E-state index is -0.988. The average molecular weight is 407 g/mol. The van der Waals surface area contributed by atoms with E-state index in [4.69, 9.17) is 9.72 Å². The van der Waals surface area contributed by atoms with Crippen LogP contribution in [0.15, 0.2) is 91.3 Å². The number of aromatic carboxylic acids is 1. The topological polar surface area (TPSA) is 84.3 Å². The second-order valence-electron chi connectivity index (χ2n) is 6.98. The van der Waals surface area contributed by atoms with Crippen LogP contribution in [-0.4, -0.2) is 21.0 Å². The Bertz CT molecular complexity index is 1400. The largest absolute Gasteiger partial charge is 0.478 e. The maximum Gasteiger partial charge on any atom is 0.335 e. The lowest BCUT2D eigenvalue weighted by Crippen LogP contribution is -1.99. The van der Waals surface area contributed by atoms with Crippen LogP contribution in [0.3, 0.4) is 0 Å². The molecule has 2 N–H and O–H groups in total. The lowest BCUT2D eigenvalue weighted by Gasteiger charge is -2.12. The van der Waals surface area contributed by atoms with Gasteiger partial charge in [-0.2, -0.15) is 0 Å². The monoisotopic (exact) mass is 407 g/mol. The van der Waals surface area contributed by atoms with E-state index in [1.54, 1.807) is 30.6 Å². The number of hydrogen-bond donors (Lipinski definition) is 2. The quantitative estimate of drug-likeness (QED) is 0.347. The molecule has 150 valence electrons. The number of hydrogen-bond acceptors (Lipinski definition) is 5. The molecule has 0 unspecified atom stereocenters. The summed E-state index contributed by atoms with van der Waals surface area (Å²) in [7, 11) is 0. The first-order valence-corrected chi connectivity index (χ1v) is 9.68. The van der Waals surface area contributed by atoms with E-state index in [9.17, 15) is 9.90 Å². The van der Waals surface area contributed by atoms with Crippen LogP contribution < -0.4 is 10.1 Å². The molecule has 0 radical (unpaired) electrons. The van der Waals surface area contributed by atoms with Crippen LogP contribution in [0, 0.1) is 0 Å². The van der Waals surface area contributed by atoms with Gasteiger partial charge in [0.05, 0.1) is 11.1 Å². The van der Waals surface area contributed by atoms with Crippen LogP contribution in [0.2, 0.25) is 0 Å². The number of carbonyl (C=O) groups is 1. The van der Waals surface area contributed by atoms with Gasteiger partial charge in [0.15, 0.2) is 0 Å². The number of nitrogens with zero attached hydrogens (tertiary/aromatic N) is 2. The third-order valence-electron chi connectivity index (χ3n) is 4.94. The Balaban J connectivity index is 1.51. The standard InChI is InChI=1S/C25H17N3O3/c29-25(30)16-6-11-20-22-15-26-13-12-21(22)24(28-23(20)14-16)27-17-7-9-19(10-8-17)31-18-4-2-1-3-5-18/h1-15H,(H,27,28)(H,29,30). The molecular weight excluding hydrogens is 390 g/mol. The Morgan fingerprint density at radius 2 is 1.61 bits per heavy atom. The molecule has 6 heteroatoms. The van der Waals surface area contributed by atoms with Crippen molar-refractivity contribution in [2.45, 2.75) is 0 Å². The van der Waals surface area contributed by atoms with Crippen molar-refractivity contribution < 1.29 is 14.6 Å². The van der Waals surface area contributed by atoms with Gasteiger partial charge in [-0.05, 0) is 54.6 Å². The highest BCUT2D eigenvalue weighted by Crippen LogP contribution is 2.31. The highest BCUT2D eigenvalue weighted by molar-refractivity contribution is 6.11. The van der Waals surface area contributed by atoms with Crippen molar-refractivity contribution in [2.75, 3.05) is 5.32 Å². The van der Waals surface area contributed by atoms with Gasteiger partial charge in [0.1, 0.15) is 17.3 Å². The summed E-state index contributed by atoms with van der Waals surface area (Å²) in [5, 5.41) is 15.3. The molecule has 0 spiro atoms. The van der Waals surface area contributed by atoms with E-state index < -0.39 is 5.97 Å². The lowest BCUT2D eigenvalue weighted by molar-refractivity contribution is 0.0697. The molecule has 2 aromatic heterocycles. The molecule has 0 bridgehead atoms. The van der Waals surface area contributed by atoms with Gasteiger partial charge < -0.3 is 15.2 Å². The molecule has 3 aromatic carbocycles. The lowest BCUT2D eigenvalue weighted by atomic mass is 10.1. The molecule has 5 aromatic rings. The van der Waals surface area contributed by atoms with Crippen LogP contribution in [0.4, 0.5) is 11.5 Å². The molecule has 2 heterocycles. The summed E-state index contributed by atoms with van der Waals surface area (Å²) in [6.07, 6.45) is 3.48. The normalized spacial score (nSPS) is 10.8. The molecule has 0 aliphatic carbocycles. The highest BCUT2D eigenvalue weighted by Gasteiger charge is 2.11. The zero-order valence-corrected chi connectivity index (χ0v) is 16.3. The maximum absolute atomic E-state index is 11.4. The van der Waals surface area contributed by atoms with Crippen LogP contribution >= 0.6 is 0 Å². The van der Waals surface area contributed by atoms with Crippen LogP contribution in [-0.2, 0) is 0 Å². The predicted molar refractivity (Wildman–Crippen MR) is 120 cm³/mol. The molecule has 0 fully saturated rings. The van der Waals surface area contributed by atoms with E-state index in [1.807, 2.05) is 60.7 Å². The molecule has 0 saturated carbocycles. The Kier molecular flexibility index (Phi) is 4.65. The van der Waals surface area contributed by atoms with Gasteiger partial charge in [0.25, 0.3) is 0 Å². The van der Waals surface area contributed by atoms with Gasteiger partial charge in [-0.1, -0.05) is 24.3 Å². The average Bonchev–Trinajstić information content (AvgIpc) is 2.81. The van der Waals surface area contributed by atoms with Crippen molar-refractivity contribution in [2.24, 2.45) is 0 Å². The third kappa shape index (κ3) is 3.74. The first kappa shape index (κ1) is 18.6. The second kappa shape index (κ2) is 7.76. The molecule has 0 amide bonds. The number of para-hydroxylation sites is 1. The van der Waals surface area contributed by atoms with Crippen molar-refractivity contribution in [3.05, 3.63) is 96.8 Å². The van der Waals surface area contributed by atoms with Gasteiger partial charge >= 0.3 is 5.97 Å². The Labute approximate surface area is 177 Å². The zero-order valence-electron chi connectivity index (χ0n) is 16.3. The Morgan fingerprint density at radius 3 is 2.39 bits per heavy atom. The molecule has 0 aliphatic heterocycles. The summed E-state index contributed by atoms with van der Waals surface area (Å²) in [5.41, 5.74) is 1.61. The molecule has 6 nitrogen and oxygen atoms in total. The summed E-state index contributed by atoms with van der Waals surface area (Å²) in [6, 6.07) is 24.0. The number of fused-ring (bicyclic) bond motifs is 3. The fourth-order valence-electron chi connectivity index (χ4n) is 3.44. The minimum Gasteiger partial charge on any atom is -0.478 e.